The molecule has 0 amide bonds. The summed E-state index contributed by atoms with van der Waals surface area (Å²) in [5.74, 6) is 2.90. The van der Waals surface area contributed by atoms with Gasteiger partial charge in [0.05, 0.1) is 6.54 Å². The Hall–Kier alpha value is -3.28. The average molecular weight is 418 g/mol. The van der Waals surface area contributed by atoms with Gasteiger partial charge in [0.1, 0.15) is 17.7 Å². The van der Waals surface area contributed by atoms with Crippen molar-refractivity contribution in [1.29, 1.82) is 0 Å². The molecule has 6 heteroatoms. The number of hydrogen-bond donors (Lipinski definition) is 1. The largest absolute Gasteiger partial charge is 0.490 e. The van der Waals surface area contributed by atoms with Crippen molar-refractivity contribution in [3.63, 3.8) is 0 Å². The summed E-state index contributed by atoms with van der Waals surface area (Å²) in [5, 5.41) is 3.50. The molecule has 0 bridgehead atoms. The highest BCUT2D eigenvalue weighted by Gasteiger charge is 2.22. The molecular weight excluding hydrogens is 386 g/mol. The zero-order chi connectivity index (χ0) is 21.3. The maximum Gasteiger partial charge on any atom is 0.194 e. The second kappa shape index (κ2) is 10.7. The molecule has 1 saturated heterocycles. The molecule has 31 heavy (non-hydrogen) atoms. The number of nitrogens with zero attached hydrogens (tertiary/aromatic N) is 4. The molecule has 1 aromatic heterocycles. The molecule has 3 aromatic rings. The summed E-state index contributed by atoms with van der Waals surface area (Å²) in [6.45, 7) is 3.44. The predicted molar refractivity (Wildman–Crippen MR) is 124 cm³/mol. The van der Waals surface area contributed by atoms with Gasteiger partial charge < -0.3 is 19.5 Å². The van der Waals surface area contributed by atoms with Gasteiger partial charge in [-0.15, -0.1) is 0 Å². The number of nitrogens with one attached hydrogen (secondary N) is 1. The topological polar surface area (TPSA) is 54.7 Å². The molecule has 6 nitrogen and oxygen atoms in total. The van der Waals surface area contributed by atoms with E-state index in [0.29, 0.717) is 6.54 Å². The quantitative estimate of drug-likeness (QED) is 0.470. The third-order valence-electron chi connectivity index (χ3n) is 5.69. The molecule has 0 unspecified atom stereocenters. The molecule has 2 heterocycles. The minimum Gasteiger partial charge on any atom is -0.490 e. The van der Waals surface area contributed by atoms with Gasteiger partial charge in [-0.2, -0.15) is 0 Å². The normalized spacial score (nSPS) is 15.1. The fraction of sp³-hybridized carbons (Fsp3) is 0.360. The highest BCUT2D eigenvalue weighted by molar-refractivity contribution is 5.79. The van der Waals surface area contributed by atoms with E-state index in [4.69, 9.17) is 4.74 Å². The van der Waals surface area contributed by atoms with E-state index >= 15 is 0 Å². The van der Waals surface area contributed by atoms with Crippen molar-refractivity contribution >= 4 is 5.96 Å². The van der Waals surface area contributed by atoms with Crippen LogP contribution in [0.25, 0.3) is 0 Å². The van der Waals surface area contributed by atoms with Gasteiger partial charge in [-0.1, -0.05) is 48.5 Å². The maximum atomic E-state index is 6.11. The summed E-state index contributed by atoms with van der Waals surface area (Å²) < 4.78 is 8.33. The maximum absolute atomic E-state index is 6.11. The number of likely N-dealkylation sites (tertiary alicyclic amines) is 1. The summed E-state index contributed by atoms with van der Waals surface area (Å²) in [5.41, 5.74) is 1.34. The SMILES string of the molecule is CN=C(NCc1nccn1CCc1ccccc1)N1CCC(Oc2ccccc2)CC1. The Labute approximate surface area is 184 Å². The first kappa shape index (κ1) is 21.0. The second-order valence-corrected chi connectivity index (χ2v) is 7.79. The molecule has 0 radical (unpaired) electrons. The number of aryl methyl sites for hydroxylation is 2. The molecule has 1 aliphatic heterocycles. The van der Waals surface area contributed by atoms with Crippen molar-refractivity contribution in [2.75, 3.05) is 20.1 Å². The highest BCUT2D eigenvalue weighted by atomic mass is 16.5. The van der Waals surface area contributed by atoms with E-state index in [1.807, 2.05) is 43.6 Å². The van der Waals surface area contributed by atoms with Crippen LogP contribution in [0.15, 0.2) is 78.0 Å². The zero-order valence-electron chi connectivity index (χ0n) is 18.2. The van der Waals surface area contributed by atoms with Gasteiger partial charge in [0.2, 0.25) is 0 Å². The van der Waals surface area contributed by atoms with Crippen LogP contribution in [-0.4, -0.2) is 46.7 Å². The molecule has 0 spiro atoms. The monoisotopic (exact) mass is 417 g/mol. The number of piperidine rings is 1. The van der Waals surface area contributed by atoms with Crippen LogP contribution >= 0.6 is 0 Å². The molecule has 0 aliphatic carbocycles. The van der Waals surface area contributed by atoms with Gasteiger partial charge in [-0.3, -0.25) is 4.99 Å². The first-order chi connectivity index (χ1) is 15.3. The first-order valence-electron chi connectivity index (χ1n) is 11.0. The van der Waals surface area contributed by atoms with Crippen LogP contribution in [0.5, 0.6) is 5.75 Å². The average Bonchev–Trinajstić information content (AvgIpc) is 3.28. The number of aromatic nitrogens is 2. The van der Waals surface area contributed by atoms with Gasteiger partial charge >= 0.3 is 0 Å². The van der Waals surface area contributed by atoms with Gasteiger partial charge in [0.15, 0.2) is 5.96 Å². The fourth-order valence-electron chi connectivity index (χ4n) is 3.97. The number of benzene rings is 2. The van der Waals surface area contributed by atoms with Gasteiger partial charge in [-0.05, 0) is 24.1 Å². The minimum atomic E-state index is 0.258. The highest BCUT2D eigenvalue weighted by Crippen LogP contribution is 2.18. The Kier molecular flexibility index (Phi) is 7.21. The van der Waals surface area contributed by atoms with E-state index in [2.05, 4.69) is 61.3 Å². The Bertz CT molecular complexity index is 946. The van der Waals surface area contributed by atoms with E-state index < -0.39 is 0 Å². The smallest absolute Gasteiger partial charge is 0.194 e. The van der Waals surface area contributed by atoms with Crippen LogP contribution in [0.3, 0.4) is 0 Å². The Morgan fingerprint density at radius 1 is 1.06 bits per heavy atom. The van der Waals surface area contributed by atoms with Crippen molar-refractivity contribution < 1.29 is 4.74 Å². The van der Waals surface area contributed by atoms with Crippen LogP contribution in [-0.2, 0) is 19.5 Å². The summed E-state index contributed by atoms with van der Waals surface area (Å²) in [6, 6.07) is 20.6. The predicted octanol–water partition coefficient (Wildman–Crippen LogP) is 3.74. The fourth-order valence-corrected chi connectivity index (χ4v) is 3.97. The summed E-state index contributed by atoms with van der Waals surface area (Å²) in [6.07, 6.45) is 7.15. The van der Waals surface area contributed by atoms with E-state index in [-0.39, 0.29) is 6.10 Å². The van der Waals surface area contributed by atoms with Gasteiger partial charge in [-0.25, -0.2) is 4.98 Å². The van der Waals surface area contributed by atoms with Crippen molar-refractivity contribution in [1.82, 2.24) is 19.8 Å². The van der Waals surface area contributed by atoms with Gasteiger partial charge in [0.25, 0.3) is 0 Å². The summed E-state index contributed by atoms with van der Waals surface area (Å²) >= 11 is 0. The third kappa shape index (κ3) is 5.87. The van der Waals surface area contributed by atoms with E-state index in [0.717, 1.165) is 56.4 Å². The molecule has 0 atom stereocenters. The first-order valence-corrected chi connectivity index (χ1v) is 11.0. The number of hydrogen-bond acceptors (Lipinski definition) is 3. The Morgan fingerprint density at radius 2 is 1.77 bits per heavy atom. The van der Waals surface area contributed by atoms with Crippen LogP contribution in [0.2, 0.25) is 0 Å². The van der Waals surface area contributed by atoms with E-state index in [1.54, 1.807) is 0 Å². The number of rotatable bonds is 7. The summed E-state index contributed by atoms with van der Waals surface area (Å²) in [4.78, 5) is 11.4. The lowest BCUT2D eigenvalue weighted by Gasteiger charge is -2.34. The minimum absolute atomic E-state index is 0.258. The van der Waals surface area contributed by atoms with Crippen molar-refractivity contribution in [3.8, 4) is 5.75 Å². The molecule has 1 fully saturated rings. The van der Waals surface area contributed by atoms with Crippen molar-refractivity contribution in [3.05, 3.63) is 84.4 Å². The van der Waals surface area contributed by atoms with E-state index in [9.17, 15) is 0 Å². The van der Waals surface area contributed by atoms with Crippen LogP contribution in [0.4, 0.5) is 0 Å². The molecular formula is C25H31N5O. The number of guanidine groups is 1. The molecule has 1 aliphatic rings. The Balaban J connectivity index is 1.25. The van der Waals surface area contributed by atoms with Gasteiger partial charge in [0, 0.05) is 51.9 Å². The van der Waals surface area contributed by atoms with Crippen molar-refractivity contribution in [2.45, 2.75) is 38.5 Å². The molecule has 4 rings (SSSR count). The van der Waals surface area contributed by atoms with E-state index in [1.165, 1.54) is 5.56 Å². The zero-order valence-corrected chi connectivity index (χ0v) is 18.2. The number of imidazole rings is 1. The lowest BCUT2D eigenvalue weighted by molar-refractivity contribution is 0.129. The third-order valence-corrected chi connectivity index (χ3v) is 5.69. The van der Waals surface area contributed by atoms with Crippen LogP contribution < -0.4 is 10.1 Å². The number of ether oxygens (including phenoxy) is 1. The molecule has 0 saturated carbocycles. The standard InChI is InChI=1S/C25H31N5O/c1-26-25(30-17-13-23(14-18-30)31-22-10-6-3-7-11-22)28-20-24-27-15-19-29(24)16-12-21-8-4-2-5-9-21/h2-11,15,19,23H,12-14,16-18,20H2,1H3,(H,26,28). The second-order valence-electron chi connectivity index (χ2n) is 7.79. The van der Waals surface area contributed by atoms with Crippen LogP contribution in [0, 0.1) is 0 Å². The lowest BCUT2D eigenvalue weighted by atomic mass is 10.1. The van der Waals surface area contributed by atoms with Crippen molar-refractivity contribution in [2.24, 2.45) is 4.99 Å². The molecule has 162 valence electrons. The summed E-state index contributed by atoms with van der Waals surface area (Å²) in [7, 11) is 1.84. The molecule has 2 aromatic carbocycles. The molecule has 1 N–H and O–H groups in total. The Morgan fingerprint density at radius 3 is 2.48 bits per heavy atom. The lowest BCUT2D eigenvalue weighted by Crippen LogP contribution is -2.47. The number of para-hydroxylation sites is 1. The number of aliphatic imine (C=N–C) groups is 1. The van der Waals surface area contributed by atoms with Crippen LogP contribution in [0.1, 0.15) is 24.2 Å².